The molecule has 4 nitrogen and oxygen atoms in total. The number of piperazine rings is 1. The van der Waals surface area contributed by atoms with Gasteiger partial charge in [0.2, 0.25) is 0 Å². The molecule has 0 spiro atoms. The van der Waals surface area contributed by atoms with E-state index in [9.17, 15) is 0 Å². The summed E-state index contributed by atoms with van der Waals surface area (Å²) < 4.78 is 0. The fourth-order valence-electron chi connectivity index (χ4n) is 2.34. The van der Waals surface area contributed by atoms with Crippen LogP contribution in [0.1, 0.15) is 18.9 Å². The first-order chi connectivity index (χ1) is 8.28. The van der Waals surface area contributed by atoms with Gasteiger partial charge in [0.1, 0.15) is 5.82 Å². The Morgan fingerprint density at radius 3 is 2.59 bits per heavy atom. The fraction of sp³-hybridized carbons (Fsp3) is 0.615. The maximum atomic E-state index is 5.69. The number of hydrogen-bond acceptors (Lipinski definition) is 4. The number of rotatable bonds is 4. The van der Waals surface area contributed by atoms with Crippen molar-refractivity contribution in [3.8, 4) is 0 Å². The van der Waals surface area contributed by atoms with Crippen molar-refractivity contribution >= 4 is 5.82 Å². The van der Waals surface area contributed by atoms with E-state index in [4.69, 9.17) is 5.73 Å². The zero-order valence-electron chi connectivity index (χ0n) is 10.6. The third-order valence-electron chi connectivity index (χ3n) is 3.26. The van der Waals surface area contributed by atoms with Crippen LogP contribution in [-0.2, 0) is 6.54 Å². The van der Waals surface area contributed by atoms with E-state index in [1.54, 1.807) is 6.20 Å². The minimum Gasteiger partial charge on any atom is -0.384 e. The molecule has 1 saturated heterocycles. The highest BCUT2D eigenvalue weighted by molar-refractivity contribution is 5.31. The van der Waals surface area contributed by atoms with E-state index in [2.05, 4.69) is 27.8 Å². The second-order valence-corrected chi connectivity index (χ2v) is 4.71. The highest BCUT2D eigenvalue weighted by atomic mass is 15.3. The Kier molecular flexibility index (Phi) is 4.34. The number of hydrogen-bond donors (Lipinski definition) is 1. The third-order valence-corrected chi connectivity index (χ3v) is 3.26. The van der Waals surface area contributed by atoms with Gasteiger partial charge in [-0.15, -0.1) is 0 Å². The molecule has 1 aliphatic heterocycles. The lowest BCUT2D eigenvalue weighted by Gasteiger charge is -2.34. The van der Waals surface area contributed by atoms with Gasteiger partial charge >= 0.3 is 0 Å². The molecule has 1 aliphatic rings. The summed E-state index contributed by atoms with van der Waals surface area (Å²) in [5.74, 6) is 0.618. The summed E-state index contributed by atoms with van der Waals surface area (Å²) in [6.07, 6.45) is 3.04. The predicted molar refractivity (Wildman–Crippen MR) is 70.7 cm³/mol. The molecule has 0 saturated carbocycles. The maximum absolute atomic E-state index is 5.69. The molecule has 0 aromatic carbocycles. The lowest BCUT2D eigenvalue weighted by Crippen LogP contribution is -2.45. The van der Waals surface area contributed by atoms with E-state index in [-0.39, 0.29) is 0 Å². The topological polar surface area (TPSA) is 45.4 Å². The smallest absolute Gasteiger partial charge is 0.123 e. The van der Waals surface area contributed by atoms with Gasteiger partial charge < -0.3 is 10.6 Å². The molecule has 2 heterocycles. The van der Waals surface area contributed by atoms with E-state index in [1.165, 1.54) is 31.6 Å². The van der Waals surface area contributed by atoms with Crippen LogP contribution in [0.15, 0.2) is 18.3 Å². The van der Waals surface area contributed by atoms with Crippen molar-refractivity contribution in [2.75, 3.05) is 38.5 Å². The summed E-state index contributed by atoms with van der Waals surface area (Å²) >= 11 is 0. The molecule has 17 heavy (non-hydrogen) atoms. The van der Waals surface area contributed by atoms with Crippen LogP contribution in [0.3, 0.4) is 0 Å². The van der Waals surface area contributed by atoms with Gasteiger partial charge in [0, 0.05) is 38.9 Å². The summed E-state index contributed by atoms with van der Waals surface area (Å²) in [4.78, 5) is 9.05. The highest BCUT2D eigenvalue weighted by Crippen LogP contribution is 2.10. The Morgan fingerprint density at radius 1 is 1.24 bits per heavy atom. The summed E-state index contributed by atoms with van der Waals surface area (Å²) in [6.45, 7) is 9.15. The van der Waals surface area contributed by atoms with Crippen LogP contribution in [0.5, 0.6) is 0 Å². The quantitative estimate of drug-likeness (QED) is 0.850. The van der Waals surface area contributed by atoms with E-state index in [0.717, 1.165) is 19.6 Å². The molecule has 4 heteroatoms. The van der Waals surface area contributed by atoms with Crippen LogP contribution < -0.4 is 5.73 Å². The predicted octanol–water partition coefficient (Wildman–Crippen LogP) is 1.19. The van der Waals surface area contributed by atoms with Crippen molar-refractivity contribution in [3.63, 3.8) is 0 Å². The minimum absolute atomic E-state index is 0.618. The molecule has 2 rings (SSSR count). The van der Waals surface area contributed by atoms with Gasteiger partial charge in [-0.1, -0.05) is 6.92 Å². The van der Waals surface area contributed by atoms with Crippen molar-refractivity contribution in [3.05, 3.63) is 23.9 Å². The summed E-state index contributed by atoms with van der Waals surface area (Å²) in [6, 6.07) is 4.02. The molecule has 0 amide bonds. The molecular formula is C13H22N4. The Bertz CT molecular complexity index is 345. The van der Waals surface area contributed by atoms with Crippen molar-refractivity contribution in [1.82, 2.24) is 14.8 Å². The lowest BCUT2D eigenvalue weighted by atomic mass is 10.2. The first-order valence-corrected chi connectivity index (χ1v) is 6.43. The van der Waals surface area contributed by atoms with Crippen LogP contribution in [0.2, 0.25) is 0 Å². The van der Waals surface area contributed by atoms with Gasteiger partial charge in [-0.25, -0.2) is 4.98 Å². The molecule has 0 atom stereocenters. The fourth-order valence-corrected chi connectivity index (χ4v) is 2.34. The van der Waals surface area contributed by atoms with Gasteiger partial charge in [0.05, 0.1) is 0 Å². The van der Waals surface area contributed by atoms with Crippen LogP contribution in [0.25, 0.3) is 0 Å². The number of anilines is 1. The third kappa shape index (κ3) is 3.68. The van der Waals surface area contributed by atoms with Crippen LogP contribution in [0, 0.1) is 0 Å². The molecule has 0 aliphatic carbocycles. The van der Waals surface area contributed by atoms with Gasteiger partial charge in [0.25, 0.3) is 0 Å². The number of nitrogens with zero attached hydrogens (tertiary/aromatic N) is 3. The van der Waals surface area contributed by atoms with E-state index in [1.807, 2.05) is 6.07 Å². The largest absolute Gasteiger partial charge is 0.384 e. The summed E-state index contributed by atoms with van der Waals surface area (Å²) in [5.41, 5.74) is 6.95. The van der Waals surface area contributed by atoms with Gasteiger partial charge in [-0.3, -0.25) is 4.90 Å². The average Bonchev–Trinajstić information content (AvgIpc) is 2.32. The normalized spacial score (nSPS) is 18.4. The number of nitrogen functional groups attached to an aromatic ring is 1. The van der Waals surface area contributed by atoms with E-state index >= 15 is 0 Å². The minimum atomic E-state index is 0.618. The standard InChI is InChI=1S/C13H22N4/c1-2-5-16-6-8-17(9-7-16)11-12-3-4-15-13(14)10-12/h3-4,10H,2,5-9,11H2,1H3,(H2,14,15). The Labute approximate surface area is 103 Å². The number of aromatic nitrogens is 1. The molecule has 0 radical (unpaired) electrons. The highest BCUT2D eigenvalue weighted by Gasteiger charge is 2.15. The Morgan fingerprint density at radius 2 is 1.94 bits per heavy atom. The molecule has 1 fully saturated rings. The first-order valence-electron chi connectivity index (χ1n) is 6.43. The second kappa shape index (κ2) is 5.98. The SMILES string of the molecule is CCCN1CCN(Cc2ccnc(N)c2)CC1. The van der Waals surface area contributed by atoms with Crippen LogP contribution >= 0.6 is 0 Å². The Hall–Kier alpha value is -1.13. The second-order valence-electron chi connectivity index (χ2n) is 4.71. The van der Waals surface area contributed by atoms with Crippen LogP contribution in [-0.4, -0.2) is 47.5 Å². The van der Waals surface area contributed by atoms with Crippen molar-refractivity contribution in [1.29, 1.82) is 0 Å². The molecule has 0 bridgehead atoms. The molecule has 1 aromatic rings. The summed E-state index contributed by atoms with van der Waals surface area (Å²) in [5, 5.41) is 0. The molecule has 94 valence electrons. The Balaban J connectivity index is 1.82. The van der Waals surface area contributed by atoms with Gasteiger partial charge in [-0.2, -0.15) is 0 Å². The molecule has 0 unspecified atom stereocenters. The zero-order valence-corrected chi connectivity index (χ0v) is 10.6. The first kappa shape index (κ1) is 12.3. The lowest BCUT2D eigenvalue weighted by molar-refractivity contribution is 0.127. The molecule has 1 aromatic heterocycles. The van der Waals surface area contributed by atoms with Crippen molar-refractivity contribution in [2.24, 2.45) is 0 Å². The summed E-state index contributed by atoms with van der Waals surface area (Å²) in [7, 11) is 0. The van der Waals surface area contributed by atoms with Gasteiger partial charge in [-0.05, 0) is 30.7 Å². The molecular weight excluding hydrogens is 212 g/mol. The number of nitrogens with two attached hydrogens (primary N) is 1. The van der Waals surface area contributed by atoms with E-state index < -0.39 is 0 Å². The van der Waals surface area contributed by atoms with Crippen molar-refractivity contribution in [2.45, 2.75) is 19.9 Å². The maximum Gasteiger partial charge on any atom is 0.123 e. The van der Waals surface area contributed by atoms with Gasteiger partial charge in [0.15, 0.2) is 0 Å². The molecule has 2 N–H and O–H groups in total. The van der Waals surface area contributed by atoms with Crippen LogP contribution in [0.4, 0.5) is 5.82 Å². The number of pyridine rings is 1. The van der Waals surface area contributed by atoms with E-state index in [0.29, 0.717) is 5.82 Å². The van der Waals surface area contributed by atoms with Crippen molar-refractivity contribution < 1.29 is 0 Å². The average molecular weight is 234 g/mol. The monoisotopic (exact) mass is 234 g/mol. The zero-order chi connectivity index (χ0) is 12.1.